The largest absolute Gasteiger partial charge is 0.356 e. The molecule has 0 radical (unpaired) electrons. The van der Waals surface area contributed by atoms with Gasteiger partial charge in [0.2, 0.25) is 5.91 Å². The zero-order valence-electron chi connectivity index (χ0n) is 10.4. The number of unbranched alkanes of at least 4 members (excludes halogenated alkanes) is 3. The maximum atomic E-state index is 11.1. The monoisotopic (exact) mass is 201 g/mol. The lowest BCUT2D eigenvalue weighted by atomic mass is 10.2. The summed E-state index contributed by atoms with van der Waals surface area (Å²) < 4.78 is 0. The molecule has 0 saturated heterocycles. The summed E-state index contributed by atoms with van der Waals surface area (Å²) >= 11 is 0. The van der Waals surface area contributed by atoms with E-state index in [9.17, 15) is 4.79 Å². The van der Waals surface area contributed by atoms with Crippen LogP contribution in [0.1, 0.15) is 66.2 Å². The first-order valence-corrected chi connectivity index (χ1v) is 6.08. The molecule has 0 fully saturated rings. The first-order valence-electron chi connectivity index (χ1n) is 6.08. The minimum atomic E-state index is 0.216. The summed E-state index contributed by atoms with van der Waals surface area (Å²) in [6.07, 6.45) is 6.36. The predicted molar refractivity (Wildman–Crippen MR) is 63.4 cm³/mol. The highest BCUT2D eigenvalue weighted by molar-refractivity contribution is 5.75. The zero-order valence-corrected chi connectivity index (χ0v) is 10.4. The molecule has 86 valence electrons. The van der Waals surface area contributed by atoms with E-state index in [1.54, 1.807) is 0 Å². The Morgan fingerprint density at radius 3 is 2.07 bits per heavy atom. The van der Waals surface area contributed by atoms with Crippen LogP contribution in [-0.4, -0.2) is 12.5 Å². The molecule has 2 heteroatoms. The van der Waals surface area contributed by atoms with Gasteiger partial charge in [0, 0.05) is 13.0 Å². The Hall–Kier alpha value is -0.530. The fourth-order valence-electron chi connectivity index (χ4n) is 1.03. The highest BCUT2D eigenvalue weighted by Gasteiger charge is 1.97. The fourth-order valence-corrected chi connectivity index (χ4v) is 1.03. The number of amides is 1. The smallest absolute Gasteiger partial charge is 0.219 e. The third kappa shape index (κ3) is 14.0. The van der Waals surface area contributed by atoms with E-state index in [0.717, 1.165) is 25.8 Å². The molecular formula is C12H27NO. The topological polar surface area (TPSA) is 29.1 Å². The van der Waals surface area contributed by atoms with E-state index < -0.39 is 0 Å². The molecule has 0 aromatic carbocycles. The second kappa shape index (κ2) is 15.0. The highest BCUT2D eigenvalue weighted by atomic mass is 16.1. The Morgan fingerprint density at radius 1 is 1.00 bits per heavy atom. The Kier molecular flexibility index (Phi) is 17.0. The molecule has 14 heavy (non-hydrogen) atoms. The molecule has 0 bridgehead atoms. The molecule has 0 spiro atoms. The highest BCUT2D eigenvalue weighted by Crippen LogP contribution is 1.94. The van der Waals surface area contributed by atoms with Crippen molar-refractivity contribution in [1.29, 1.82) is 0 Å². The predicted octanol–water partition coefficient (Wildman–Crippen LogP) is 3.51. The summed E-state index contributed by atoms with van der Waals surface area (Å²) in [6, 6.07) is 0. The van der Waals surface area contributed by atoms with Crippen molar-refractivity contribution < 1.29 is 4.79 Å². The van der Waals surface area contributed by atoms with Gasteiger partial charge in [-0.2, -0.15) is 0 Å². The summed E-state index contributed by atoms with van der Waals surface area (Å²) in [6.45, 7) is 9.12. The molecule has 1 amide bonds. The van der Waals surface area contributed by atoms with Crippen molar-refractivity contribution >= 4 is 5.91 Å². The quantitative estimate of drug-likeness (QED) is 0.627. The van der Waals surface area contributed by atoms with Crippen LogP contribution in [0.4, 0.5) is 0 Å². The SMILES string of the molecule is CC.CCCCCNC(=O)CCCC. The van der Waals surface area contributed by atoms with E-state index in [2.05, 4.69) is 19.2 Å². The maximum Gasteiger partial charge on any atom is 0.219 e. The summed E-state index contributed by atoms with van der Waals surface area (Å²) in [4.78, 5) is 11.1. The van der Waals surface area contributed by atoms with Gasteiger partial charge in [-0.05, 0) is 12.8 Å². The van der Waals surface area contributed by atoms with Crippen molar-refractivity contribution in [2.45, 2.75) is 66.2 Å². The summed E-state index contributed by atoms with van der Waals surface area (Å²) in [5.74, 6) is 0.216. The molecule has 0 aliphatic heterocycles. The molecule has 0 rings (SSSR count). The van der Waals surface area contributed by atoms with Gasteiger partial charge in [-0.1, -0.05) is 47.0 Å². The van der Waals surface area contributed by atoms with Crippen molar-refractivity contribution in [1.82, 2.24) is 5.32 Å². The van der Waals surface area contributed by atoms with E-state index in [1.165, 1.54) is 12.8 Å². The van der Waals surface area contributed by atoms with Crippen molar-refractivity contribution in [3.63, 3.8) is 0 Å². The van der Waals surface area contributed by atoms with Crippen LogP contribution >= 0.6 is 0 Å². The van der Waals surface area contributed by atoms with Crippen LogP contribution in [0.25, 0.3) is 0 Å². The van der Waals surface area contributed by atoms with Crippen LogP contribution in [0.5, 0.6) is 0 Å². The van der Waals surface area contributed by atoms with Gasteiger partial charge in [0.05, 0.1) is 0 Å². The number of nitrogens with one attached hydrogen (secondary N) is 1. The molecule has 1 N–H and O–H groups in total. The van der Waals surface area contributed by atoms with Gasteiger partial charge < -0.3 is 5.32 Å². The van der Waals surface area contributed by atoms with Crippen molar-refractivity contribution in [3.05, 3.63) is 0 Å². The van der Waals surface area contributed by atoms with E-state index in [-0.39, 0.29) is 5.91 Å². The standard InChI is InChI=1S/C10H21NO.C2H6/c1-3-5-7-9-11-10(12)8-6-4-2;1-2/h3-9H2,1-2H3,(H,11,12);1-2H3. The first kappa shape index (κ1) is 15.9. The summed E-state index contributed by atoms with van der Waals surface area (Å²) in [5.41, 5.74) is 0. The van der Waals surface area contributed by atoms with Gasteiger partial charge in [-0.3, -0.25) is 4.79 Å². The van der Waals surface area contributed by atoms with Crippen LogP contribution in [0.2, 0.25) is 0 Å². The minimum Gasteiger partial charge on any atom is -0.356 e. The lowest BCUT2D eigenvalue weighted by molar-refractivity contribution is -0.121. The Labute approximate surface area is 89.5 Å². The van der Waals surface area contributed by atoms with Gasteiger partial charge in [-0.25, -0.2) is 0 Å². The van der Waals surface area contributed by atoms with Crippen LogP contribution in [-0.2, 0) is 4.79 Å². The maximum absolute atomic E-state index is 11.1. The number of hydrogen-bond donors (Lipinski definition) is 1. The molecule has 0 aliphatic rings. The Bertz CT molecular complexity index is 113. The Balaban J connectivity index is 0. The normalized spacial score (nSPS) is 8.86. The van der Waals surface area contributed by atoms with E-state index >= 15 is 0 Å². The van der Waals surface area contributed by atoms with Crippen LogP contribution in [0, 0.1) is 0 Å². The van der Waals surface area contributed by atoms with E-state index in [0.29, 0.717) is 6.42 Å². The molecule has 0 heterocycles. The first-order chi connectivity index (χ1) is 6.81. The van der Waals surface area contributed by atoms with Crippen molar-refractivity contribution in [3.8, 4) is 0 Å². The van der Waals surface area contributed by atoms with Crippen LogP contribution < -0.4 is 5.32 Å². The van der Waals surface area contributed by atoms with E-state index in [1.807, 2.05) is 13.8 Å². The molecule has 0 saturated carbocycles. The van der Waals surface area contributed by atoms with Crippen molar-refractivity contribution in [2.24, 2.45) is 0 Å². The van der Waals surface area contributed by atoms with Gasteiger partial charge >= 0.3 is 0 Å². The fraction of sp³-hybridized carbons (Fsp3) is 0.917. The Morgan fingerprint density at radius 2 is 1.57 bits per heavy atom. The van der Waals surface area contributed by atoms with Crippen LogP contribution in [0.3, 0.4) is 0 Å². The van der Waals surface area contributed by atoms with E-state index in [4.69, 9.17) is 0 Å². The summed E-state index contributed by atoms with van der Waals surface area (Å²) in [7, 11) is 0. The third-order valence-corrected chi connectivity index (χ3v) is 1.86. The molecule has 2 nitrogen and oxygen atoms in total. The van der Waals surface area contributed by atoms with Gasteiger partial charge in [0.25, 0.3) is 0 Å². The molecule has 0 unspecified atom stereocenters. The third-order valence-electron chi connectivity index (χ3n) is 1.86. The molecule has 0 aliphatic carbocycles. The number of carbonyl (C=O) groups is 1. The van der Waals surface area contributed by atoms with Crippen molar-refractivity contribution in [2.75, 3.05) is 6.54 Å². The second-order valence-electron chi connectivity index (χ2n) is 3.16. The van der Waals surface area contributed by atoms with Crippen LogP contribution in [0.15, 0.2) is 0 Å². The minimum absolute atomic E-state index is 0.216. The summed E-state index contributed by atoms with van der Waals surface area (Å²) in [5, 5.41) is 2.91. The molecule has 0 aromatic rings. The molecular weight excluding hydrogens is 174 g/mol. The van der Waals surface area contributed by atoms with Gasteiger partial charge in [0.1, 0.15) is 0 Å². The van der Waals surface area contributed by atoms with Gasteiger partial charge in [0.15, 0.2) is 0 Å². The number of carbonyl (C=O) groups excluding carboxylic acids is 1. The number of rotatable bonds is 7. The molecule has 0 aromatic heterocycles. The number of hydrogen-bond acceptors (Lipinski definition) is 1. The zero-order chi connectivity index (χ0) is 11.2. The molecule has 0 atom stereocenters. The second-order valence-corrected chi connectivity index (χ2v) is 3.16. The van der Waals surface area contributed by atoms with Gasteiger partial charge in [-0.15, -0.1) is 0 Å². The average molecular weight is 201 g/mol. The average Bonchev–Trinajstić information content (AvgIpc) is 2.24. The lowest BCUT2D eigenvalue weighted by Crippen LogP contribution is -2.23. The lowest BCUT2D eigenvalue weighted by Gasteiger charge is -2.02.